The fourth-order valence-corrected chi connectivity index (χ4v) is 12.8. The Labute approximate surface area is 242 Å². The topological polar surface area (TPSA) is 35.5 Å². The maximum absolute atomic E-state index is 14.3. The molecule has 1 heterocycles. The number of fused-ring (bicyclic) bond motifs is 4. The van der Waals surface area contributed by atoms with Gasteiger partial charge in [-0.25, -0.2) is 0 Å². The normalized spacial score (nSPS) is 37.3. The molecule has 0 N–H and O–H groups in total. The van der Waals surface area contributed by atoms with E-state index in [0.717, 1.165) is 67.3 Å². The fraction of sp³-hybridized carbons (Fsp3) is 0.857. The molecule has 39 heavy (non-hydrogen) atoms. The van der Waals surface area contributed by atoms with Gasteiger partial charge in [-0.2, -0.15) is 0 Å². The van der Waals surface area contributed by atoms with Gasteiger partial charge in [-0.15, -0.1) is 6.58 Å². The number of carbonyl (C=O) groups is 1. The highest BCUT2D eigenvalue weighted by Gasteiger charge is 2.65. The van der Waals surface area contributed by atoms with Crippen molar-refractivity contribution in [3.8, 4) is 0 Å². The summed E-state index contributed by atoms with van der Waals surface area (Å²) < 4.78 is 13.6. The maximum Gasteiger partial charge on any atom is 0.318 e. The van der Waals surface area contributed by atoms with Gasteiger partial charge in [0.05, 0.1) is 5.41 Å². The van der Waals surface area contributed by atoms with Crippen LogP contribution in [0, 0.1) is 39.9 Å². The molecule has 2 fully saturated rings. The van der Waals surface area contributed by atoms with Gasteiger partial charge < -0.3 is 9.16 Å². The van der Waals surface area contributed by atoms with Gasteiger partial charge in [0, 0.05) is 17.4 Å². The third-order valence-corrected chi connectivity index (χ3v) is 17.5. The Morgan fingerprint density at radius 3 is 2.36 bits per heavy atom. The smallest absolute Gasteiger partial charge is 0.318 e. The number of rotatable bonds is 12. The molecule has 7 atom stereocenters. The lowest BCUT2D eigenvalue weighted by Gasteiger charge is -2.59. The van der Waals surface area contributed by atoms with Crippen LogP contribution in [0.1, 0.15) is 126 Å². The van der Waals surface area contributed by atoms with Crippen molar-refractivity contribution < 1.29 is 14.0 Å². The Hall–Kier alpha value is -0.873. The van der Waals surface area contributed by atoms with E-state index in [1.807, 2.05) is 6.08 Å². The van der Waals surface area contributed by atoms with Crippen LogP contribution in [0.3, 0.4) is 0 Å². The molecule has 1 aliphatic heterocycles. The van der Waals surface area contributed by atoms with Gasteiger partial charge in [0.1, 0.15) is 5.76 Å². The first kappa shape index (κ1) is 31.1. The van der Waals surface area contributed by atoms with Gasteiger partial charge in [0.2, 0.25) is 0 Å². The zero-order valence-corrected chi connectivity index (χ0v) is 27.8. The van der Waals surface area contributed by atoms with E-state index in [4.69, 9.17) is 9.16 Å². The van der Waals surface area contributed by atoms with E-state index >= 15 is 0 Å². The quantitative estimate of drug-likeness (QED) is 0.136. The van der Waals surface area contributed by atoms with Gasteiger partial charge in [0.15, 0.2) is 8.32 Å². The van der Waals surface area contributed by atoms with Crippen molar-refractivity contribution in [2.45, 2.75) is 150 Å². The number of carbonyl (C=O) groups excluding carboxylic acids is 1. The summed E-state index contributed by atoms with van der Waals surface area (Å²) >= 11 is 0. The first-order valence-electron chi connectivity index (χ1n) is 16.7. The van der Waals surface area contributed by atoms with Gasteiger partial charge in [0.25, 0.3) is 0 Å². The second kappa shape index (κ2) is 11.8. The molecule has 4 rings (SSSR count). The summed E-state index contributed by atoms with van der Waals surface area (Å²) in [5.74, 6) is 3.78. The lowest BCUT2D eigenvalue weighted by atomic mass is 9.48. The molecule has 3 nitrogen and oxygen atoms in total. The molecule has 1 unspecified atom stereocenters. The van der Waals surface area contributed by atoms with E-state index in [1.54, 1.807) is 0 Å². The van der Waals surface area contributed by atoms with Gasteiger partial charge in [-0.05, 0) is 98.2 Å². The van der Waals surface area contributed by atoms with Gasteiger partial charge >= 0.3 is 5.97 Å². The molecule has 222 valence electrons. The summed E-state index contributed by atoms with van der Waals surface area (Å²) in [6, 6.07) is 3.46. The fourth-order valence-electron chi connectivity index (χ4n) is 9.89. The van der Waals surface area contributed by atoms with E-state index < -0.39 is 13.7 Å². The number of esters is 1. The van der Waals surface area contributed by atoms with E-state index in [9.17, 15) is 4.79 Å². The lowest BCUT2D eigenvalue weighted by Crippen LogP contribution is -2.58. The van der Waals surface area contributed by atoms with Crippen LogP contribution < -0.4 is 0 Å². The predicted octanol–water partition coefficient (Wildman–Crippen LogP) is 10.2. The molecule has 0 saturated heterocycles. The zero-order valence-electron chi connectivity index (χ0n) is 26.8. The maximum atomic E-state index is 14.3. The first-order chi connectivity index (χ1) is 18.5. The van der Waals surface area contributed by atoms with Crippen molar-refractivity contribution in [2.75, 3.05) is 0 Å². The molecule has 3 aliphatic carbocycles. The van der Waals surface area contributed by atoms with Crippen molar-refractivity contribution >= 4 is 14.3 Å². The summed E-state index contributed by atoms with van der Waals surface area (Å²) in [6.45, 7) is 23.2. The molecule has 0 radical (unpaired) electrons. The van der Waals surface area contributed by atoms with E-state index in [1.165, 1.54) is 44.1 Å². The molecule has 0 aromatic carbocycles. The van der Waals surface area contributed by atoms with E-state index in [2.05, 4.69) is 62.0 Å². The van der Waals surface area contributed by atoms with Crippen LogP contribution in [0.5, 0.6) is 0 Å². The first-order valence-corrected chi connectivity index (χ1v) is 19.2. The molecule has 0 amide bonds. The summed E-state index contributed by atoms with van der Waals surface area (Å²) in [6.07, 6.45) is 14.5. The average Bonchev–Trinajstić information content (AvgIpc) is 3.26. The van der Waals surface area contributed by atoms with Crippen LogP contribution in [-0.2, 0) is 14.0 Å². The van der Waals surface area contributed by atoms with Crippen molar-refractivity contribution in [3.05, 3.63) is 24.0 Å². The van der Waals surface area contributed by atoms with E-state index in [0.29, 0.717) is 12.3 Å². The highest BCUT2D eigenvalue weighted by atomic mass is 28.4. The minimum absolute atomic E-state index is 0.0198. The molecule has 4 heteroatoms. The average molecular weight is 557 g/mol. The lowest BCUT2D eigenvalue weighted by molar-refractivity contribution is -0.175. The Morgan fingerprint density at radius 2 is 1.74 bits per heavy atom. The molecular formula is C35H60O3Si. The van der Waals surface area contributed by atoms with Crippen LogP contribution in [-0.4, -0.2) is 20.4 Å². The summed E-state index contributed by atoms with van der Waals surface area (Å²) in [7, 11) is -1.75. The minimum Gasteiger partial charge on any atom is -0.430 e. The van der Waals surface area contributed by atoms with Crippen LogP contribution in [0.4, 0.5) is 0 Å². The molecule has 2 saturated carbocycles. The Kier molecular flexibility index (Phi) is 9.39. The zero-order chi connectivity index (χ0) is 28.6. The predicted molar refractivity (Wildman–Crippen MR) is 166 cm³/mol. The van der Waals surface area contributed by atoms with Crippen LogP contribution >= 0.6 is 0 Å². The largest absolute Gasteiger partial charge is 0.430 e. The minimum atomic E-state index is -1.75. The summed E-state index contributed by atoms with van der Waals surface area (Å²) in [5.41, 5.74) is 1.05. The molecular weight excluding hydrogens is 496 g/mol. The number of ether oxygens (including phenoxy) is 1. The third kappa shape index (κ3) is 5.17. The Morgan fingerprint density at radius 1 is 1.05 bits per heavy atom. The highest BCUT2D eigenvalue weighted by Crippen LogP contribution is 2.68. The number of hydrogen-bond donors (Lipinski definition) is 0. The Balaban J connectivity index is 1.62. The van der Waals surface area contributed by atoms with Crippen LogP contribution in [0.15, 0.2) is 24.0 Å². The molecule has 0 aromatic heterocycles. The Bertz CT molecular complexity index is 926. The molecule has 0 spiro atoms. The summed E-state index contributed by atoms with van der Waals surface area (Å²) in [4.78, 5) is 14.3. The van der Waals surface area contributed by atoms with Crippen molar-refractivity contribution in [1.82, 2.24) is 0 Å². The van der Waals surface area contributed by atoms with Crippen molar-refractivity contribution in [1.29, 1.82) is 0 Å². The second-order valence-electron chi connectivity index (χ2n) is 14.9. The van der Waals surface area contributed by atoms with Gasteiger partial charge in [-0.3, -0.25) is 4.79 Å². The monoisotopic (exact) mass is 556 g/mol. The van der Waals surface area contributed by atoms with Crippen LogP contribution in [0.25, 0.3) is 0 Å². The molecule has 4 aliphatic rings. The second-order valence-corrected chi connectivity index (χ2v) is 19.6. The van der Waals surface area contributed by atoms with Crippen LogP contribution in [0.2, 0.25) is 18.1 Å². The molecule has 0 bridgehead atoms. The molecule has 0 aromatic rings. The van der Waals surface area contributed by atoms with Gasteiger partial charge in [-0.1, -0.05) is 80.7 Å². The third-order valence-electron chi connectivity index (χ3n) is 12.8. The highest BCUT2D eigenvalue weighted by molar-refractivity contribution is 6.73. The SMILES string of the molecule is C=CCC12C[C@@H](O[Si](CC)(CC)CC)CC[C@]1(C)C1=C(OC2=O)[C@@H]2CC[C@H]([C@H](C)CCCC(C)C)[C@@]2(C)CC1. The standard InChI is InChI=1S/C35H60O3Si/c1-10-21-35-24-27(38-39(11-2,12-3)13-4)19-23-34(35,9)30-20-22-33(8)28(26(7)16-14-15-25(5)6)17-18-29(33)31(30)37-32(35)36/h10,25-29H,1,11-24H2,2-9H3/t26-,27+,28-,29+,33-,34-,35?/m1/s1. The van der Waals surface area contributed by atoms with Crippen molar-refractivity contribution in [3.63, 3.8) is 0 Å². The number of hydrogen-bond acceptors (Lipinski definition) is 3. The number of allylic oxidation sites excluding steroid dienone is 3. The van der Waals surface area contributed by atoms with E-state index in [-0.39, 0.29) is 22.9 Å². The summed E-state index contributed by atoms with van der Waals surface area (Å²) in [5, 5.41) is 0. The van der Waals surface area contributed by atoms with Crippen molar-refractivity contribution in [2.24, 2.45) is 39.9 Å².